The van der Waals surface area contributed by atoms with E-state index in [9.17, 15) is 4.79 Å². The average Bonchev–Trinajstić information content (AvgIpc) is 3.16. The normalized spacial score (nSPS) is 10.6. The van der Waals surface area contributed by atoms with Gasteiger partial charge in [-0.3, -0.25) is 9.69 Å². The van der Waals surface area contributed by atoms with Crippen molar-refractivity contribution in [3.63, 3.8) is 0 Å². The van der Waals surface area contributed by atoms with Crippen molar-refractivity contribution in [3.8, 4) is 16.3 Å². The van der Waals surface area contributed by atoms with E-state index in [-0.39, 0.29) is 5.91 Å². The Hall–Kier alpha value is -2.73. The lowest BCUT2D eigenvalue weighted by atomic mass is 10.1. The first-order valence-corrected chi connectivity index (χ1v) is 9.90. The van der Waals surface area contributed by atoms with Crippen LogP contribution in [0.2, 0.25) is 0 Å². The van der Waals surface area contributed by atoms with Gasteiger partial charge < -0.3 is 4.74 Å². The molecule has 0 atom stereocenters. The Kier molecular flexibility index (Phi) is 6.19. The van der Waals surface area contributed by atoms with Gasteiger partial charge in [0, 0.05) is 12.1 Å². The second-order valence-electron chi connectivity index (χ2n) is 6.15. The second-order valence-corrected chi connectivity index (χ2v) is 7.10. The number of ether oxygens (including phenoxy) is 1. The number of amides is 1. The van der Waals surface area contributed by atoms with E-state index in [2.05, 4.69) is 16.3 Å². The molecule has 0 spiro atoms. The number of anilines is 1. The van der Waals surface area contributed by atoms with Crippen LogP contribution in [0.25, 0.3) is 10.6 Å². The maximum atomic E-state index is 13.2. The predicted octanol–water partition coefficient (Wildman–Crippen LogP) is 4.97. The van der Waals surface area contributed by atoms with Gasteiger partial charge in [-0.2, -0.15) is 0 Å². The van der Waals surface area contributed by atoms with E-state index in [4.69, 9.17) is 4.74 Å². The van der Waals surface area contributed by atoms with Gasteiger partial charge in [0.2, 0.25) is 5.13 Å². The van der Waals surface area contributed by atoms with Crippen molar-refractivity contribution in [2.75, 3.05) is 18.1 Å². The van der Waals surface area contributed by atoms with Crippen LogP contribution in [0.3, 0.4) is 0 Å². The predicted molar refractivity (Wildman–Crippen MR) is 110 cm³/mol. The lowest BCUT2D eigenvalue weighted by Crippen LogP contribution is -2.32. The van der Waals surface area contributed by atoms with E-state index in [1.165, 1.54) is 11.3 Å². The Balaban J connectivity index is 1.93. The van der Waals surface area contributed by atoms with Gasteiger partial charge in [0.05, 0.1) is 12.2 Å². The summed E-state index contributed by atoms with van der Waals surface area (Å²) >= 11 is 1.43. The number of benzene rings is 2. The first-order valence-electron chi connectivity index (χ1n) is 9.08. The van der Waals surface area contributed by atoms with Gasteiger partial charge >= 0.3 is 0 Å². The van der Waals surface area contributed by atoms with Crippen LogP contribution in [0.1, 0.15) is 36.2 Å². The summed E-state index contributed by atoms with van der Waals surface area (Å²) in [6.45, 7) is 7.07. The highest BCUT2D eigenvalue weighted by atomic mass is 32.1. The molecule has 3 rings (SSSR count). The summed E-state index contributed by atoms with van der Waals surface area (Å²) in [5.74, 6) is 0.474. The van der Waals surface area contributed by atoms with Crippen molar-refractivity contribution in [1.82, 2.24) is 10.2 Å². The minimum absolute atomic E-state index is 0.118. The highest BCUT2D eigenvalue weighted by molar-refractivity contribution is 7.18. The Morgan fingerprint density at radius 1 is 1.11 bits per heavy atom. The smallest absolute Gasteiger partial charge is 0.263 e. The quantitative estimate of drug-likeness (QED) is 0.580. The molecule has 5 nitrogen and oxygen atoms in total. The first kappa shape index (κ1) is 19.0. The van der Waals surface area contributed by atoms with E-state index < -0.39 is 0 Å². The molecule has 0 bridgehead atoms. The summed E-state index contributed by atoms with van der Waals surface area (Å²) in [4.78, 5) is 14.9. The largest absolute Gasteiger partial charge is 0.493 e. The van der Waals surface area contributed by atoms with Crippen molar-refractivity contribution < 1.29 is 9.53 Å². The second kappa shape index (κ2) is 8.77. The Morgan fingerprint density at radius 2 is 1.93 bits per heavy atom. The zero-order valence-corrected chi connectivity index (χ0v) is 16.6. The summed E-state index contributed by atoms with van der Waals surface area (Å²) < 4.78 is 5.63. The molecule has 6 heteroatoms. The number of hydrogen-bond donors (Lipinski definition) is 0. The third-order valence-corrected chi connectivity index (χ3v) is 5.02. The standard InChI is InChI=1S/C21H23N3O2S/c1-4-13-24(20(25)17-11-6-7-12-18(17)26-5-2)21-23-22-19(27-21)16-10-8-9-15(3)14-16/h6-12,14H,4-5,13H2,1-3H3. The van der Waals surface area contributed by atoms with Crippen molar-refractivity contribution in [2.24, 2.45) is 0 Å². The third-order valence-electron chi connectivity index (χ3n) is 4.02. The molecule has 0 aliphatic rings. The fourth-order valence-electron chi connectivity index (χ4n) is 2.80. The molecule has 27 heavy (non-hydrogen) atoms. The Morgan fingerprint density at radius 3 is 2.67 bits per heavy atom. The van der Waals surface area contributed by atoms with Gasteiger partial charge in [0.25, 0.3) is 5.91 Å². The number of carbonyl (C=O) groups is 1. The maximum Gasteiger partial charge on any atom is 0.263 e. The molecular weight excluding hydrogens is 358 g/mol. The minimum Gasteiger partial charge on any atom is -0.493 e. The molecule has 0 unspecified atom stereocenters. The number of aryl methyl sites for hydroxylation is 1. The molecular formula is C21H23N3O2S. The van der Waals surface area contributed by atoms with E-state index in [0.717, 1.165) is 22.6 Å². The summed E-state index contributed by atoms with van der Waals surface area (Å²) in [5.41, 5.74) is 2.72. The molecule has 0 saturated heterocycles. The SMILES string of the molecule is CCCN(C(=O)c1ccccc1OCC)c1nnc(-c2cccc(C)c2)s1. The number of aromatic nitrogens is 2. The van der Waals surface area contributed by atoms with Gasteiger partial charge in [0.15, 0.2) is 0 Å². The fraction of sp³-hybridized carbons (Fsp3) is 0.286. The highest BCUT2D eigenvalue weighted by Gasteiger charge is 2.23. The van der Waals surface area contributed by atoms with Gasteiger partial charge in [-0.1, -0.05) is 54.2 Å². The van der Waals surface area contributed by atoms with Gasteiger partial charge in [-0.25, -0.2) is 0 Å². The summed E-state index contributed by atoms with van der Waals surface area (Å²) in [5, 5.41) is 10.0. The average molecular weight is 382 g/mol. The topological polar surface area (TPSA) is 55.3 Å². The molecule has 3 aromatic rings. The van der Waals surface area contributed by atoms with Crippen LogP contribution in [0.15, 0.2) is 48.5 Å². The zero-order chi connectivity index (χ0) is 19.2. The number of rotatable bonds is 7. The van der Waals surface area contributed by atoms with Crippen LogP contribution in [0, 0.1) is 6.92 Å². The van der Waals surface area contributed by atoms with Gasteiger partial charge in [-0.05, 0) is 38.5 Å². The molecule has 1 heterocycles. The molecule has 0 N–H and O–H groups in total. The third kappa shape index (κ3) is 4.34. The van der Waals surface area contributed by atoms with Gasteiger partial charge in [0.1, 0.15) is 10.8 Å². The maximum absolute atomic E-state index is 13.2. The molecule has 1 amide bonds. The lowest BCUT2D eigenvalue weighted by molar-refractivity contribution is 0.0983. The van der Waals surface area contributed by atoms with Crippen LogP contribution in [-0.4, -0.2) is 29.3 Å². The zero-order valence-electron chi connectivity index (χ0n) is 15.8. The van der Waals surface area contributed by atoms with Crippen LogP contribution in [-0.2, 0) is 0 Å². The number of para-hydroxylation sites is 1. The summed E-state index contributed by atoms with van der Waals surface area (Å²) in [6.07, 6.45) is 0.821. The lowest BCUT2D eigenvalue weighted by Gasteiger charge is -2.20. The van der Waals surface area contributed by atoms with E-state index in [1.807, 2.05) is 57.2 Å². The molecule has 0 aliphatic heterocycles. The molecule has 2 aromatic carbocycles. The summed E-state index contributed by atoms with van der Waals surface area (Å²) in [7, 11) is 0. The van der Waals surface area contributed by atoms with Crippen molar-refractivity contribution in [3.05, 3.63) is 59.7 Å². The monoisotopic (exact) mass is 381 g/mol. The van der Waals surface area contributed by atoms with E-state index >= 15 is 0 Å². The first-order chi connectivity index (χ1) is 13.1. The summed E-state index contributed by atoms with van der Waals surface area (Å²) in [6, 6.07) is 15.4. The van der Waals surface area contributed by atoms with E-state index in [0.29, 0.717) is 29.6 Å². The number of hydrogen-bond acceptors (Lipinski definition) is 5. The highest BCUT2D eigenvalue weighted by Crippen LogP contribution is 2.31. The number of nitrogens with zero attached hydrogens (tertiary/aromatic N) is 3. The molecule has 0 radical (unpaired) electrons. The Labute approximate surface area is 163 Å². The molecule has 0 fully saturated rings. The fourth-order valence-corrected chi connectivity index (χ4v) is 3.66. The van der Waals surface area contributed by atoms with Crippen LogP contribution in [0.4, 0.5) is 5.13 Å². The van der Waals surface area contributed by atoms with Crippen molar-refractivity contribution in [1.29, 1.82) is 0 Å². The van der Waals surface area contributed by atoms with Gasteiger partial charge in [-0.15, -0.1) is 10.2 Å². The van der Waals surface area contributed by atoms with Crippen molar-refractivity contribution >= 4 is 22.4 Å². The van der Waals surface area contributed by atoms with Crippen LogP contribution >= 0.6 is 11.3 Å². The van der Waals surface area contributed by atoms with E-state index in [1.54, 1.807) is 11.0 Å². The van der Waals surface area contributed by atoms with Crippen LogP contribution < -0.4 is 9.64 Å². The molecule has 0 saturated carbocycles. The molecule has 140 valence electrons. The molecule has 0 aliphatic carbocycles. The minimum atomic E-state index is -0.118. The number of carbonyl (C=O) groups excluding carboxylic acids is 1. The van der Waals surface area contributed by atoms with Crippen molar-refractivity contribution in [2.45, 2.75) is 27.2 Å². The Bertz CT molecular complexity index is 923. The van der Waals surface area contributed by atoms with Crippen LogP contribution in [0.5, 0.6) is 5.75 Å². The molecule has 1 aromatic heterocycles.